The lowest BCUT2D eigenvalue weighted by molar-refractivity contribution is -0.187. The van der Waals surface area contributed by atoms with E-state index in [0.717, 1.165) is 16.0 Å². The molecule has 0 unspecified atom stereocenters. The van der Waals surface area contributed by atoms with Crippen LogP contribution < -0.4 is 5.32 Å². The van der Waals surface area contributed by atoms with E-state index >= 15 is 0 Å². The van der Waals surface area contributed by atoms with Gasteiger partial charge in [-0.25, -0.2) is 4.79 Å². The second kappa shape index (κ2) is 6.70. The lowest BCUT2D eigenvalue weighted by atomic mass is 9.96. The van der Waals surface area contributed by atoms with E-state index in [1.165, 1.54) is 0 Å². The molecule has 5 nitrogen and oxygen atoms in total. The largest absolute Gasteiger partial charge is 0.481 e. The van der Waals surface area contributed by atoms with Crippen LogP contribution in [-0.4, -0.2) is 41.3 Å². The van der Waals surface area contributed by atoms with Gasteiger partial charge in [0.05, 0.1) is 11.8 Å². The highest BCUT2D eigenvalue weighted by molar-refractivity contribution is 5.91. The van der Waals surface area contributed by atoms with Crippen LogP contribution in [0.3, 0.4) is 0 Å². The molecular weight excluding hydrogens is 325 g/mol. The van der Waals surface area contributed by atoms with Crippen LogP contribution in [0.4, 0.5) is 23.7 Å². The van der Waals surface area contributed by atoms with Crippen molar-refractivity contribution in [2.24, 2.45) is 11.8 Å². The second-order valence-corrected chi connectivity index (χ2v) is 5.89. The van der Waals surface area contributed by atoms with E-state index in [4.69, 9.17) is 5.11 Å². The van der Waals surface area contributed by atoms with Crippen LogP contribution in [0.15, 0.2) is 18.2 Å². The van der Waals surface area contributed by atoms with Gasteiger partial charge < -0.3 is 15.3 Å². The van der Waals surface area contributed by atoms with Gasteiger partial charge >= 0.3 is 18.2 Å². The zero-order chi connectivity index (χ0) is 18.1. The first-order valence-corrected chi connectivity index (χ1v) is 7.59. The molecule has 0 spiro atoms. The summed E-state index contributed by atoms with van der Waals surface area (Å²) in [6, 6.07) is 4.74. The molecule has 1 fully saturated rings. The maximum absolute atomic E-state index is 13.0. The van der Waals surface area contributed by atoms with Gasteiger partial charge in [-0.05, 0) is 24.5 Å². The number of para-hydroxylation sites is 1. The van der Waals surface area contributed by atoms with Gasteiger partial charge in [0.1, 0.15) is 0 Å². The number of amides is 2. The molecule has 1 heterocycles. The predicted octanol–water partition coefficient (Wildman–Crippen LogP) is 3.28. The fourth-order valence-corrected chi connectivity index (χ4v) is 2.94. The molecule has 1 aromatic carbocycles. The molecular formula is C16H19F3N2O3. The number of anilines is 1. The van der Waals surface area contributed by atoms with Crippen LogP contribution >= 0.6 is 0 Å². The van der Waals surface area contributed by atoms with E-state index in [0.29, 0.717) is 12.1 Å². The highest BCUT2D eigenvalue weighted by atomic mass is 19.4. The summed E-state index contributed by atoms with van der Waals surface area (Å²) >= 11 is 0. The number of carboxylic acids is 1. The number of alkyl halides is 3. The Bertz CT molecular complexity index is 646. The van der Waals surface area contributed by atoms with Crippen molar-refractivity contribution >= 4 is 17.7 Å². The van der Waals surface area contributed by atoms with Gasteiger partial charge in [0.15, 0.2) is 0 Å². The zero-order valence-corrected chi connectivity index (χ0v) is 13.4. The van der Waals surface area contributed by atoms with E-state index in [9.17, 15) is 22.8 Å². The van der Waals surface area contributed by atoms with Crippen molar-refractivity contribution in [3.05, 3.63) is 29.3 Å². The van der Waals surface area contributed by atoms with Crippen molar-refractivity contribution in [3.8, 4) is 0 Å². The number of aryl methyl sites for hydroxylation is 2. The Morgan fingerprint density at radius 2 is 2.00 bits per heavy atom. The minimum atomic E-state index is -4.66. The van der Waals surface area contributed by atoms with E-state index in [-0.39, 0.29) is 0 Å². The number of hydrogen-bond acceptors (Lipinski definition) is 2. The molecule has 1 aliphatic rings. The fraction of sp³-hybridized carbons (Fsp3) is 0.500. The topological polar surface area (TPSA) is 69.6 Å². The number of carbonyl (C=O) groups is 2. The van der Waals surface area contributed by atoms with Gasteiger partial charge in [-0.3, -0.25) is 4.79 Å². The van der Waals surface area contributed by atoms with Crippen LogP contribution in [0.25, 0.3) is 0 Å². The van der Waals surface area contributed by atoms with Crippen LogP contribution in [-0.2, 0) is 11.2 Å². The molecule has 2 rings (SSSR count). The highest BCUT2D eigenvalue weighted by Gasteiger charge is 2.53. The summed E-state index contributed by atoms with van der Waals surface area (Å²) in [6.45, 7) is 2.58. The molecule has 24 heavy (non-hydrogen) atoms. The number of nitrogens with zero attached hydrogens (tertiary/aromatic N) is 1. The van der Waals surface area contributed by atoms with Gasteiger partial charge in [0, 0.05) is 18.8 Å². The first-order chi connectivity index (χ1) is 11.1. The third-order valence-electron chi connectivity index (χ3n) is 4.32. The number of benzene rings is 1. The number of aliphatic carboxylic acids is 1. The average molecular weight is 344 g/mol. The van der Waals surface area contributed by atoms with Crippen molar-refractivity contribution in [3.63, 3.8) is 0 Å². The third-order valence-corrected chi connectivity index (χ3v) is 4.32. The van der Waals surface area contributed by atoms with Gasteiger partial charge in [-0.15, -0.1) is 0 Å². The number of nitrogens with one attached hydrogen (secondary N) is 1. The fourth-order valence-electron chi connectivity index (χ4n) is 2.94. The Hall–Kier alpha value is -2.25. The van der Waals surface area contributed by atoms with Crippen molar-refractivity contribution in [2.75, 3.05) is 18.4 Å². The van der Waals surface area contributed by atoms with E-state index < -0.39 is 43.1 Å². The van der Waals surface area contributed by atoms with Gasteiger partial charge in [0.25, 0.3) is 0 Å². The van der Waals surface area contributed by atoms with Crippen LogP contribution in [0.2, 0.25) is 0 Å². The highest BCUT2D eigenvalue weighted by Crippen LogP contribution is 2.38. The molecule has 132 valence electrons. The SMILES string of the molecule is CCc1cccc(C)c1NC(=O)N1C[C@@H](C(F)(F)F)[C@H](C(=O)O)C1. The number of carboxylic acid groups (broad SMARTS) is 1. The lowest BCUT2D eigenvalue weighted by Gasteiger charge is -2.20. The smallest absolute Gasteiger partial charge is 0.394 e. The molecule has 0 bridgehead atoms. The molecule has 0 saturated carbocycles. The molecule has 1 aliphatic heterocycles. The molecule has 2 atom stereocenters. The van der Waals surface area contributed by atoms with E-state index in [1.54, 1.807) is 13.0 Å². The molecule has 1 saturated heterocycles. The number of carbonyl (C=O) groups excluding carboxylic acids is 1. The third kappa shape index (κ3) is 3.63. The Labute approximate surface area is 137 Å². The maximum Gasteiger partial charge on any atom is 0.394 e. The zero-order valence-electron chi connectivity index (χ0n) is 13.4. The van der Waals surface area contributed by atoms with Gasteiger partial charge in [-0.1, -0.05) is 25.1 Å². The Morgan fingerprint density at radius 1 is 1.33 bits per heavy atom. The van der Waals surface area contributed by atoms with Crippen molar-refractivity contribution in [1.29, 1.82) is 0 Å². The Morgan fingerprint density at radius 3 is 2.50 bits per heavy atom. The van der Waals surface area contributed by atoms with Crippen molar-refractivity contribution in [1.82, 2.24) is 4.90 Å². The molecule has 2 amide bonds. The number of halogens is 3. The van der Waals surface area contributed by atoms with Crippen molar-refractivity contribution < 1.29 is 27.9 Å². The molecule has 2 N–H and O–H groups in total. The number of urea groups is 1. The summed E-state index contributed by atoms with van der Waals surface area (Å²) in [5.74, 6) is -5.24. The van der Waals surface area contributed by atoms with Gasteiger partial charge in [0.2, 0.25) is 0 Å². The quantitative estimate of drug-likeness (QED) is 0.884. The van der Waals surface area contributed by atoms with Crippen LogP contribution in [0.5, 0.6) is 0 Å². The second-order valence-electron chi connectivity index (χ2n) is 5.89. The lowest BCUT2D eigenvalue weighted by Crippen LogP contribution is -2.35. The number of rotatable bonds is 3. The Balaban J connectivity index is 2.18. The van der Waals surface area contributed by atoms with E-state index in [2.05, 4.69) is 5.32 Å². The summed E-state index contributed by atoms with van der Waals surface area (Å²) < 4.78 is 39.0. The van der Waals surface area contributed by atoms with Gasteiger partial charge in [-0.2, -0.15) is 13.2 Å². The number of hydrogen-bond donors (Lipinski definition) is 2. The standard InChI is InChI=1S/C16H19F3N2O3/c1-3-10-6-4-5-9(2)13(10)20-15(24)21-7-11(14(22)23)12(8-21)16(17,18)19/h4-6,11-12H,3,7-8H2,1-2H3,(H,20,24)(H,22,23)/t11-,12-/m1/s1. The monoisotopic (exact) mass is 344 g/mol. The minimum absolute atomic E-state index is 0.460. The Kier molecular flexibility index (Phi) is 5.05. The van der Waals surface area contributed by atoms with Crippen LogP contribution in [0.1, 0.15) is 18.1 Å². The normalized spacial score (nSPS) is 21.0. The summed E-state index contributed by atoms with van der Waals surface area (Å²) in [4.78, 5) is 24.3. The molecule has 1 aromatic rings. The summed E-state index contributed by atoms with van der Waals surface area (Å²) in [5.41, 5.74) is 2.22. The van der Waals surface area contributed by atoms with Crippen LogP contribution in [0, 0.1) is 18.8 Å². The number of likely N-dealkylation sites (tertiary alicyclic amines) is 1. The predicted molar refractivity (Wildman–Crippen MR) is 81.8 cm³/mol. The van der Waals surface area contributed by atoms with Crippen molar-refractivity contribution in [2.45, 2.75) is 26.4 Å². The maximum atomic E-state index is 13.0. The summed E-state index contributed by atoms with van der Waals surface area (Å²) in [6.07, 6.45) is -4.00. The van der Waals surface area contributed by atoms with E-state index in [1.807, 2.05) is 19.1 Å². The first kappa shape index (κ1) is 18.1. The molecule has 8 heteroatoms. The molecule has 0 radical (unpaired) electrons. The summed E-state index contributed by atoms with van der Waals surface area (Å²) in [5, 5.41) is 11.6. The average Bonchev–Trinajstić information content (AvgIpc) is 2.95. The minimum Gasteiger partial charge on any atom is -0.481 e. The molecule has 0 aromatic heterocycles. The summed E-state index contributed by atoms with van der Waals surface area (Å²) in [7, 11) is 0. The first-order valence-electron chi connectivity index (χ1n) is 7.59. The molecule has 0 aliphatic carbocycles.